The molecule has 162 valence electrons. The molecule has 1 heterocycles. The highest BCUT2D eigenvalue weighted by Gasteiger charge is 2.55. The number of nitrogens with zero attached hydrogens (tertiary/aromatic N) is 1. The molecular weight excluding hydrogens is 388 g/mol. The lowest BCUT2D eigenvalue weighted by atomic mass is 9.80. The molecule has 1 saturated heterocycles. The summed E-state index contributed by atoms with van der Waals surface area (Å²) in [4.78, 5) is 28.0. The number of carbonyl (C=O) groups excluding carboxylic acids is 2. The van der Waals surface area contributed by atoms with Crippen LogP contribution < -0.4 is 15.0 Å². The first kappa shape index (κ1) is 21.2. The SMILES string of the molecule is COc1ccccc1/C=C/[C@]1(C(=O)NC2CCCCC2)CC(=O)N1c1ccc(C)cc1. The van der Waals surface area contributed by atoms with Gasteiger partial charge in [-0.25, -0.2) is 0 Å². The first-order valence-electron chi connectivity index (χ1n) is 11.1. The van der Waals surface area contributed by atoms with Gasteiger partial charge < -0.3 is 10.1 Å². The molecule has 1 atom stereocenters. The molecule has 0 radical (unpaired) electrons. The van der Waals surface area contributed by atoms with Crippen LogP contribution in [0.5, 0.6) is 5.75 Å². The average molecular weight is 419 g/mol. The summed E-state index contributed by atoms with van der Waals surface area (Å²) in [5.41, 5.74) is 1.69. The van der Waals surface area contributed by atoms with Crippen molar-refractivity contribution in [3.8, 4) is 5.75 Å². The molecule has 0 bridgehead atoms. The van der Waals surface area contributed by atoms with Gasteiger partial charge in [-0.15, -0.1) is 0 Å². The molecule has 4 rings (SSSR count). The molecule has 1 N–H and O–H groups in total. The summed E-state index contributed by atoms with van der Waals surface area (Å²) in [5.74, 6) is 0.576. The summed E-state index contributed by atoms with van der Waals surface area (Å²) in [6.07, 6.45) is 9.40. The minimum absolute atomic E-state index is 0.0488. The van der Waals surface area contributed by atoms with Gasteiger partial charge in [0.05, 0.1) is 13.5 Å². The maximum Gasteiger partial charge on any atom is 0.251 e. The Hall–Kier alpha value is -3.08. The molecule has 0 unspecified atom stereocenters. The molecule has 1 aliphatic carbocycles. The van der Waals surface area contributed by atoms with Gasteiger partial charge in [0.2, 0.25) is 5.91 Å². The van der Waals surface area contributed by atoms with E-state index in [-0.39, 0.29) is 24.3 Å². The number of anilines is 1. The molecule has 0 aromatic heterocycles. The smallest absolute Gasteiger partial charge is 0.251 e. The zero-order chi connectivity index (χ0) is 21.8. The van der Waals surface area contributed by atoms with Crippen LogP contribution in [0.25, 0.3) is 6.08 Å². The van der Waals surface area contributed by atoms with Crippen LogP contribution in [0, 0.1) is 6.92 Å². The summed E-state index contributed by atoms with van der Waals surface area (Å²) in [6.45, 7) is 2.01. The Morgan fingerprint density at radius 1 is 1.10 bits per heavy atom. The Morgan fingerprint density at radius 2 is 1.81 bits per heavy atom. The number of β-lactam (4-membered cyclic amide) rings is 1. The number of amides is 2. The highest BCUT2D eigenvalue weighted by molar-refractivity contribution is 6.15. The Morgan fingerprint density at radius 3 is 2.48 bits per heavy atom. The minimum Gasteiger partial charge on any atom is -0.496 e. The van der Waals surface area contributed by atoms with Crippen molar-refractivity contribution in [1.29, 1.82) is 0 Å². The number of hydrogen-bond donors (Lipinski definition) is 1. The van der Waals surface area contributed by atoms with Gasteiger partial charge in [0.1, 0.15) is 5.75 Å². The minimum atomic E-state index is -1.04. The fourth-order valence-corrected chi connectivity index (χ4v) is 4.57. The second-order valence-electron chi connectivity index (χ2n) is 8.55. The van der Waals surface area contributed by atoms with Crippen molar-refractivity contribution >= 4 is 23.6 Å². The van der Waals surface area contributed by atoms with E-state index in [2.05, 4.69) is 5.32 Å². The molecule has 2 fully saturated rings. The van der Waals surface area contributed by atoms with Crippen molar-refractivity contribution in [2.24, 2.45) is 0 Å². The number of aryl methyl sites for hydroxylation is 1. The maximum atomic E-state index is 13.6. The van der Waals surface area contributed by atoms with Crippen LogP contribution in [0.4, 0.5) is 5.69 Å². The number of rotatable bonds is 6. The Balaban J connectivity index is 1.69. The van der Waals surface area contributed by atoms with E-state index in [0.29, 0.717) is 0 Å². The molecular formula is C26H30N2O3. The third kappa shape index (κ3) is 4.22. The van der Waals surface area contributed by atoms with Gasteiger partial charge in [0, 0.05) is 17.3 Å². The predicted molar refractivity (Wildman–Crippen MR) is 123 cm³/mol. The van der Waals surface area contributed by atoms with Crippen LogP contribution in [0.1, 0.15) is 49.7 Å². The second-order valence-corrected chi connectivity index (χ2v) is 8.55. The number of methoxy groups -OCH3 is 1. The lowest BCUT2D eigenvalue weighted by molar-refractivity contribution is -0.137. The molecule has 5 heteroatoms. The van der Waals surface area contributed by atoms with E-state index < -0.39 is 5.54 Å². The second kappa shape index (κ2) is 8.96. The van der Waals surface area contributed by atoms with Gasteiger partial charge in [-0.3, -0.25) is 14.5 Å². The summed E-state index contributed by atoms with van der Waals surface area (Å²) in [6, 6.07) is 15.6. The van der Waals surface area contributed by atoms with Crippen LogP contribution in [0.15, 0.2) is 54.6 Å². The standard InChI is InChI=1S/C26H30N2O3/c1-19-12-14-22(15-13-19)28-24(29)18-26(28,25(30)27-21-9-4-3-5-10-21)17-16-20-8-6-7-11-23(20)31-2/h6-8,11-17,21H,3-5,9-10,18H2,1-2H3,(H,27,30)/b17-16+/t26-/m1/s1. The van der Waals surface area contributed by atoms with E-state index in [1.165, 1.54) is 6.42 Å². The van der Waals surface area contributed by atoms with E-state index in [9.17, 15) is 9.59 Å². The first-order chi connectivity index (χ1) is 15.0. The Kier molecular flexibility index (Phi) is 6.12. The zero-order valence-corrected chi connectivity index (χ0v) is 18.3. The van der Waals surface area contributed by atoms with Crippen molar-refractivity contribution in [2.75, 3.05) is 12.0 Å². The lowest BCUT2D eigenvalue weighted by Crippen LogP contribution is -2.70. The van der Waals surface area contributed by atoms with Crippen LogP contribution >= 0.6 is 0 Å². The van der Waals surface area contributed by atoms with Crippen LogP contribution in [-0.2, 0) is 9.59 Å². The zero-order valence-electron chi connectivity index (χ0n) is 18.3. The van der Waals surface area contributed by atoms with Crippen molar-refractivity contribution in [3.05, 3.63) is 65.7 Å². The van der Waals surface area contributed by atoms with Gasteiger partial charge >= 0.3 is 0 Å². The van der Waals surface area contributed by atoms with Crippen LogP contribution in [-0.4, -0.2) is 30.5 Å². The predicted octanol–water partition coefficient (Wildman–Crippen LogP) is 4.64. The number of para-hydroxylation sites is 1. The maximum absolute atomic E-state index is 13.6. The lowest BCUT2D eigenvalue weighted by Gasteiger charge is -2.49. The number of hydrogen-bond acceptors (Lipinski definition) is 3. The largest absolute Gasteiger partial charge is 0.496 e. The molecule has 1 aliphatic heterocycles. The first-order valence-corrected chi connectivity index (χ1v) is 11.1. The fourth-order valence-electron chi connectivity index (χ4n) is 4.57. The Labute approximate surface area is 184 Å². The quantitative estimate of drug-likeness (QED) is 0.695. The topological polar surface area (TPSA) is 58.6 Å². The number of carbonyl (C=O) groups is 2. The number of ether oxygens (including phenoxy) is 1. The average Bonchev–Trinajstić information content (AvgIpc) is 2.78. The van der Waals surface area contributed by atoms with Crippen molar-refractivity contribution in [1.82, 2.24) is 5.32 Å². The van der Waals surface area contributed by atoms with Gasteiger partial charge in [0.25, 0.3) is 5.91 Å². The van der Waals surface area contributed by atoms with Crippen LogP contribution in [0.3, 0.4) is 0 Å². The molecule has 5 nitrogen and oxygen atoms in total. The van der Waals surface area contributed by atoms with E-state index in [0.717, 1.165) is 48.2 Å². The molecule has 31 heavy (non-hydrogen) atoms. The number of benzene rings is 2. The summed E-state index contributed by atoms with van der Waals surface area (Å²) in [5, 5.41) is 3.24. The molecule has 2 amide bonds. The summed E-state index contributed by atoms with van der Waals surface area (Å²) < 4.78 is 5.46. The van der Waals surface area contributed by atoms with Gasteiger partial charge in [-0.05, 0) is 44.0 Å². The molecule has 1 saturated carbocycles. The van der Waals surface area contributed by atoms with Gasteiger partial charge in [0.15, 0.2) is 5.54 Å². The van der Waals surface area contributed by atoms with Gasteiger partial charge in [-0.2, -0.15) is 0 Å². The van der Waals surface area contributed by atoms with Crippen molar-refractivity contribution in [2.45, 2.75) is 57.0 Å². The molecule has 2 aromatic rings. The molecule has 0 spiro atoms. The fraction of sp³-hybridized carbons (Fsp3) is 0.385. The van der Waals surface area contributed by atoms with Crippen molar-refractivity contribution < 1.29 is 14.3 Å². The highest BCUT2D eigenvalue weighted by Crippen LogP contribution is 2.40. The normalized spacial score (nSPS) is 21.7. The third-order valence-electron chi connectivity index (χ3n) is 6.37. The van der Waals surface area contributed by atoms with E-state index in [1.807, 2.05) is 67.6 Å². The van der Waals surface area contributed by atoms with Crippen LogP contribution in [0.2, 0.25) is 0 Å². The molecule has 2 aliphatic rings. The molecule has 2 aromatic carbocycles. The highest BCUT2D eigenvalue weighted by atomic mass is 16.5. The Bertz CT molecular complexity index is 976. The summed E-state index contributed by atoms with van der Waals surface area (Å²) in [7, 11) is 1.63. The van der Waals surface area contributed by atoms with Gasteiger partial charge in [-0.1, -0.05) is 61.2 Å². The third-order valence-corrected chi connectivity index (χ3v) is 6.37. The number of nitrogens with one attached hydrogen (secondary N) is 1. The summed E-state index contributed by atoms with van der Waals surface area (Å²) >= 11 is 0. The van der Waals surface area contributed by atoms with E-state index >= 15 is 0 Å². The van der Waals surface area contributed by atoms with E-state index in [1.54, 1.807) is 12.0 Å². The van der Waals surface area contributed by atoms with E-state index in [4.69, 9.17) is 4.74 Å². The van der Waals surface area contributed by atoms with Crippen molar-refractivity contribution in [3.63, 3.8) is 0 Å². The monoisotopic (exact) mass is 418 g/mol.